The lowest BCUT2D eigenvalue weighted by molar-refractivity contribution is -0.0360. The minimum absolute atomic E-state index is 0.427. The Kier molecular flexibility index (Phi) is 4.62. The Hall–Kier alpha value is -0.910. The number of aliphatic hydroxyl groups is 1. The molecule has 1 saturated heterocycles. The molecule has 2 fully saturated rings. The fraction of sp³-hybridized carbons (Fsp3) is 0.812. The van der Waals surface area contributed by atoms with Crippen molar-refractivity contribution in [2.24, 2.45) is 0 Å². The largest absolute Gasteiger partial charge is 0.389 e. The van der Waals surface area contributed by atoms with Crippen LogP contribution in [0.2, 0.25) is 0 Å². The molecule has 5 heteroatoms. The van der Waals surface area contributed by atoms with Crippen LogP contribution in [-0.2, 0) is 6.54 Å². The minimum atomic E-state index is -0.427. The first-order valence-corrected chi connectivity index (χ1v) is 8.22. The highest BCUT2D eigenvalue weighted by molar-refractivity contribution is 5.03. The van der Waals surface area contributed by atoms with Gasteiger partial charge in [-0.25, -0.2) is 0 Å². The zero-order valence-corrected chi connectivity index (χ0v) is 13.1. The molecule has 0 radical (unpaired) electrons. The lowest BCUT2D eigenvalue weighted by Crippen LogP contribution is -2.52. The van der Waals surface area contributed by atoms with Crippen LogP contribution in [0.4, 0.5) is 0 Å². The summed E-state index contributed by atoms with van der Waals surface area (Å²) in [5.41, 5.74) is 0.593. The molecule has 1 N–H and O–H groups in total. The van der Waals surface area contributed by atoms with E-state index in [2.05, 4.69) is 15.0 Å². The molecule has 1 aromatic heterocycles. The van der Waals surface area contributed by atoms with E-state index in [1.54, 1.807) is 0 Å². The lowest BCUT2D eigenvalue weighted by atomic mass is 9.84. The second kappa shape index (κ2) is 6.46. The molecule has 1 saturated carbocycles. The van der Waals surface area contributed by atoms with E-state index in [4.69, 9.17) is 4.52 Å². The van der Waals surface area contributed by atoms with Crippen molar-refractivity contribution in [3.05, 3.63) is 17.5 Å². The molecular weight excluding hydrogens is 266 g/mol. The Balaban J connectivity index is 1.44. The first-order chi connectivity index (χ1) is 10.1. The second-order valence-electron chi connectivity index (χ2n) is 6.77. The summed E-state index contributed by atoms with van der Waals surface area (Å²) < 4.78 is 5.12. The molecule has 1 aliphatic carbocycles. The molecule has 1 aromatic rings. The predicted molar refractivity (Wildman–Crippen MR) is 81.0 cm³/mol. The molecule has 0 amide bonds. The molecule has 21 heavy (non-hydrogen) atoms. The third-order valence-electron chi connectivity index (χ3n) is 4.83. The van der Waals surface area contributed by atoms with Crippen molar-refractivity contribution in [3.8, 4) is 0 Å². The van der Waals surface area contributed by atoms with Crippen molar-refractivity contribution in [1.29, 1.82) is 0 Å². The predicted octanol–water partition coefficient (Wildman–Crippen LogP) is 1.80. The number of hydrogen-bond acceptors (Lipinski definition) is 5. The lowest BCUT2D eigenvalue weighted by Gasteiger charge is -2.40. The third-order valence-corrected chi connectivity index (χ3v) is 4.83. The van der Waals surface area contributed by atoms with Crippen LogP contribution in [0, 0.1) is 6.92 Å². The highest BCUT2D eigenvalue weighted by atomic mass is 16.5. The first kappa shape index (κ1) is 15.0. The zero-order chi connectivity index (χ0) is 14.7. The maximum atomic E-state index is 10.6. The van der Waals surface area contributed by atoms with Gasteiger partial charge in [0.2, 0.25) is 0 Å². The normalized spacial score (nSPS) is 24.3. The molecule has 0 bridgehead atoms. The van der Waals surface area contributed by atoms with Crippen LogP contribution in [0.1, 0.15) is 43.6 Å². The quantitative estimate of drug-likeness (QED) is 0.917. The molecular formula is C16H27N3O2. The summed E-state index contributed by atoms with van der Waals surface area (Å²) in [5.74, 6) is 0.878. The van der Waals surface area contributed by atoms with Gasteiger partial charge in [0.25, 0.3) is 0 Å². The van der Waals surface area contributed by atoms with Crippen LogP contribution in [0.25, 0.3) is 0 Å². The summed E-state index contributed by atoms with van der Waals surface area (Å²) in [6, 6.07) is 2.01. The average molecular weight is 293 g/mol. The summed E-state index contributed by atoms with van der Waals surface area (Å²) in [6.45, 7) is 7.82. The van der Waals surface area contributed by atoms with Gasteiger partial charge in [-0.05, 0) is 19.8 Å². The fourth-order valence-corrected chi connectivity index (χ4v) is 3.61. The second-order valence-corrected chi connectivity index (χ2v) is 6.77. The summed E-state index contributed by atoms with van der Waals surface area (Å²) in [4.78, 5) is 4.84. The van der Waals surface area contributed by atoms with Gasteiger partial charge in [-0.3, -0.25) is 9.80 Å². The van der Waals surface area contributed by atoms with Gasteiger partial charge in [0.1, 0.15) is 5.76 Å². The standard InChI is InChI=1S/C16H27N3O2/c1-14-11-15(17-21-14)12-18-7-9-19(10-8-18)13-16(20)5-3-2-4-6-16/h11,20H,2-10,12-13H2,1H3. The van der Waals surface area contributed by atoms with Gasteiger partial charge in [-0.15, -0.1) is 0 Å². The Morgan fingerprint density at radius 1 is 1.14 bits per heavy atom. The molecule has 118 valence electrons. The number of aromatic nitrogens is 1. The number of nitrogens with zero attached hydrogens (tertiary/aromatic N) is 3. The van der Waals surface area contributed by atoms with Gasteiger partial charge >= 0.3 is 0 Å². The summed E-state index contributed by atoms with van der Waals surface area (Å²) >= 11 is 0. The molecule has 2 heterocycles. The van der Waals surface area contributed by atoms with E-state index < -0.39 is 5.60 Å². The van der Waals surface area contributed by atoms with Crippen molar-refractivity contribution in [3.63, 3.8) is 0 Å². The topological polar surface area (TPSA) is 52.7 Å². The van der Waals surface area contributed by atoms with Crippen LogP contribution in [0.5, 0.6) is 0 Å². The van der Waals surface area contributed by atoms with E-state index in [-0.39, 0.29) is 0 Å². The van der Waals surface area contributed by atoms with Crippen molar-refractivity contribution in [1.82, 2.24) is 15.0 Å². The number of aryl methyl sites for hydroxylation is 1. The number of hydrogen-bond donors (Lipinski definition) is 1. The van der Waals surface area contributed by atoms with Gasteiger partial charge in [-0.1, -0.05) is 24.4 Å². The Morgan fingerprint density at radius 3 is 2.43 bits per heavy atom. The van der Waals surface area contributed by atoms with Gasteiger partial charge in [-0.2, -0.15) is 0 Å². The van der Waals surface area contributed by atoms with E-state index in [0.717, 1.165) is 63.6 Å². The highest BCUT2D eigenvalue weighted by Gasteiger charge is 2.32. The Bertz CT molecular complexity index is 446. The van der Waals surface area contributed by atoms with Crippen LogP contribution >= 0.6 is 0 Å². The van der Waals surface area contributed by atoms with Crippen molar-refractivity contribution < 1.29 is 9.63 Å². The fourth-order valence-electron chi connectivity index (χ4n) is 3.61. The van der Waals surface area contributed by atoms with Crippen molar-refractivity contribution >= 4 is 0 Å². The van der Waals surface area contributed by atoms with Crippen molar-refractivity contribution in [2.45, 2.75) is 51.2 Å². The summed E-state index contributed by atoms with van der Waals surface area (Å²) in [7, 11) is 0. The van der Waals surface area contributed by atoms with Crippen LogP contribution in [0.3, 0.4) is 0 Å². The number of β-amino-alcohol motifs (C(OH)–C–C–N with tert-alkyl or cyclic N) is 1. The molecule has 5 nitrogen and oxygen atoms in total. The van der Waals surface area contributed by atoms with Crippen LogP contribution in [-0.4, -0.2) is 58.4 Å². The van der Waals surface area contributed by atoms with Gasteiger partial charge in [0.15, 0.2) is 0 Å². The maximum absolute atomic E-state index is 10.6. The van der Waals surface area contributed by atoms with E-state index in [0.29, 0.717) is 0 Å². The van der Waals surface area contributed by atoms with Gasteiger partial charge in [0.05, 0.1) is 11.3 Å². The van der Waals surface area contributed by atoms with E-state index >= 15 is 0 Å². The molecule has 0 spiro atoms. The SMILES string of the molecule is Cc1cc(CN2CCN(CC3(O)CCCCC3)CC2)no1. The van der Waals surface area contributed by atoms with E-state index in [1.807, 2.05) is 13.0 Å². The van der Waals surface area contributed by atoms with E-state index in [9.17, 15) is 5.11 Å². The number of piperazine rings is 1. The Labute approximate surface area is 126 Å². The molecule has 3 rings (SSSR count). The average Bonchev–Trinajstić information content (AvgIpc) is 2.87. The third kappa shape index (κ3) is 4.05. The maximum Gasteiger partial charge on any atom is 0.133 e. The summed E-state index contributed by atoms with van der Waals surface area (Å²) in [5, 5.41) is 14.7. The van der Waals surface area contributed by atoms with Crippen molar-refractivity contribution in [2.75, 3.05) is 32.7 Å². The van der Waals surface area contributed by atoms with Crippen LogP contribution < -0.4 is 0 Å². The molecule has 0 aromatic carbocycles. The molecule has 0 atom stereocenters. The molecule has 1 aliphatic heterocycles. The smallest absolute Gasteiger partial charge is 0.133 e. The molecule has 0 unspecified atom stereocenters. The van der Waals surface area contributed by atoms with Crippen LogP contribution in [0.15, 0.2) is 10.6 Å². The highest BCUT2D eigenvalue weighted by Crippen LogP contribution is 2.29. The minimum Gasteiger partial charge on any atom is -0.389 e. The molecule has 2 aliphatic rings. The Morgan fingerprint density at radius 2 is 1.81 bits per heavy atom. The van der Waals surface area contributed by atoms with Gasteiger partial charge < -0.3 is 9.63 Å². The zero-order valence-electron chi connectivity index (χ0n) is 13.1. The first-order valence-electron chi connectivity index (χ1n) is 8.22. The van der Waals surface area contributed by atoms with E-state index in [1.165, 1.54) is 19.3 Å². The number of rotatable bonds is 4. The van der Waals surface area contributed by atoms with Gasteiger partial charge in [0, 0.05) is 45.3 Å². The monoisotopic (exact) mass is 293 g/mol. The summed E-state index contributed by atoms with van der Waals surface area (Å²) in [6.07, 6.45) is 5.61.